The van der Waals surface area contributed by atoms with Gasteiger partial charge in [0.15, 0.2) is 0 Å². The summed E-state index contributed by atoms with van der Waals surface area (Å²) >= 11 is 7.56. The van der Waals surface area contributed by atoms with Crippen molar-refractivity contribution in [3.05, 3.63) is 51.4 Å². The lowest BCUT2D eigenvalue weighted by Gasteiger charge is -2.15. The van der Waals surface area contributed by atoms with Crippen molar-refractivity contribution in [2.45, 2.75) is 12.5 Å². The molecule has 2 nitrogen and oxygen atoms in total. The number of nitrogens with zero attached hydrogens (tertiary/aromatic N) is 1. The van der Waals surface area contributed by atoms with Crippen molar-refractivity contribution in [3.63, 3.8) is 0 Å². The van der Waals surface area contributed by atoms with Crippen LogP contribution in [0.4, 0.5) is 0 Å². The molecule has 0 bridgehead atoms. The SMILES string of the molecule is CNC(Cc1ccc(Cl)s1)c1ccncc1. The topological polar surface area (TPSA) is 24.9 Å². The number of nitrogens with one attached hydrogen (secondary N) is 1. The van der Waals surface area contributed by atoms with Gasteiger partial charge >= 0.3 is 0 Å². The molecule has 0 spiro atoms. The molecule has 16 heavy (non-hydrogen) atoms. The molecule has 4 heteroatoms. The first-order valence-corrected chi connectivity index (χ1v) is 6.30. The van der Waals surface area contributed by atoms with Crippen LogP contribution >= 0.6 is 22.9 Å². The predicted octanol–water partition coefficient (Wildman–Crippen LogP) is 3.30. The van der Waals surface area contributed by atoms with Gasteiger partial charge in [0.25, 0.3) is 0 Å². The van der Waals surface area contributed by atoms with Crippen LogP contribution in [-0.4, -0.2) is 12.0 Å². The van der Waals surface area contributed by atoms with Crippen molar-refractivity contribution >= 4 is 22.9 Å². The van der Waals surface area contributed by atoms with Crippen LogP contribution < -0.4 is 5.32 Å². The second-order valence-electron chi connectivity index (χ2n) is 3.53. The Morgan fingerprint density at radius 1 is 1.31 bits per heavy atom. The average Bonchev–Trinajstić information content (AvgIpc) is 2.73. The summed E-state index contributed by atoms with van der Waals surface area (Å²) < 4.78 is 0.847. The smallest absolute Gasteiger partial charge is 0.0931 e. The van der Waals surface area contributed by atoms with Gasteiger partial charge in [-0.3, -0.25) is 4.98 Å². The van der Waals surface area contributed by atoms with E-state index in [1.165, 1.54) is 10.4 Å². The lowest BCUT2D eigenvalue weighted by molar-refractivity contribution is 0.596. The number of hydrogen-bond donors (Lipinski definition) is 1. The van der Waals surface area contributed by atoms with Crippen molar-refractivity contribution in [2.75, 3.05) is 7.05 Å². The van der Waals surface area contributed by atoms with Crippen LogP contribution in [0.25, 0.3) is 0 Å². The van der Waals surface area contributed by atoms with E-state index >= 15 is 0 Å². The monoisotopic (exact) mass is 252 g/mol. The molecule has 0 aliphatic rings. The van der Waals surface area contributed by atoms with Crippen LogP contribution in [0.1, 0.15) is 16.5 Å². The van der Waals surface area contributed by atoms with Crippen LogP contribution in [0.2, 0.25) is 4.34 Å². The van der Waals surface area contributed by atoms with E-state index in [0.29, 0.717) is 6.04 Å². The summed E-state index contributed by atoms with van der Waals surface area (Å²) in [5, 5.41) is 3.31. The number of rotatable bonds is 4. The molecule has 1 N–H and O–H groups in total. The summed E-state index contributed by atoms with van der Waals surface area (Å²) in [6, 6.07) is 8.42. The first-order chi connectivity index (χ1) is 7.79. The quantitative estimate of drug-likeness (QED) is 0.903. The van der Waals surface area contributed by atoms with Crippen LogP contribution in [0.5, 0.6) is 0 Å². The van der Waals surface area contributed by atoms with Crippen LogP contribution in [0.3, 0.4) is 0 Å². The predicted molar refractivity (Wildman–Crippen MR) is 69.1 cm³/mol. The van der Waals surface area contributed by atoms with Gasteiger partial charge in [-0.2, -0.15) is 0 Å². The van der Waals surface area contributed by atoms with E-state index in [2.05, 4.69) is 16.4 Å². The van der Waals surface area contributed by atoms with E-state index < -0.39 is 0 Å². The summed E-state index contributed by atoms with van der Waals surface area (Å²) in [5.74, 6) is 0. The second-order valence-corrected chi connectivity index (χ2v) is 5.33. The van der Waals surface area contributed by atoms with E-state index in [0.717, 1.165) is 10.8 Å². The third-order valence-corrected chi connectivity index (χ3v) is 3.74. The number of hydrogen-bond acceptors (Lipinski definition) is 3. The molecule has 1 unspecified atom stereocenters. The zero-order valence-corrected chi connectivity index (χ0v) is 10.6. The summed E-state index contributed by atoms with van der Waals surface area (Å²) in [5.41, 5.74) is 1.25. The molecule has 0 aromatic carbocycles. The molecule has 2 heterocycles. The van der Waals surface area contributed by atoms with Gasteiger partial charge in [0.2, 0.25) is 0 Å². The van der Waals surface area contributed by atoms with Gasteiger partial charge in [-0.15, -0.1) is 11.3 Å². The number of halogens is 1. The largest absolute Gasteiger partial charge is 0.313 e. The minimum absolute atomic E-state index is 0.317. The summed E-state index contributed by atoms with van der Waals surface area (Å²) in [6.07, 6.45) is 4.60. The van der Waals surface area contributed by atoms with Gasteiger partial charge in [0.1, 0.15) is 0 Å². The number of thiophene rings is 1. The third-order valence-electron chi connectivity index (χ3n) is 2.49. The standard InChI is InChI=1S/C12H13ClN2S/c1-14-11(9-4-6-15-7-5-9)8-10-2-3-12(13)16-10/h2-7,11,14H,8H2,1H3. The maximum atomic E-state index is 5.92. The van der Waals surface area contributed by atoms with Gasteiger partial charge in [-0.25, -0.2) is 0 Å². The van der Waals surface area contributed by atoms with Gasteiger partial charge in [-0.1, -0.05) is 11.6 Å². The van der Waals surface area contributed by atoms with Gasteiger partial charge in [0, 0.05) is 29.7 Å². The summed E-state index contributed by atoms with van der Waals surface area (Å²) in [7, 11) is 1.97. The van der Waals surface area contributed by atoms with E-state index in [1.54, 1.807) is 11.3 Å². The Morgan fingerprint density at radius 2 is 2.06 bits per heavy atom. The third kappa shape index (κ3) is 2.82. The Labute approximate surface area is 104 Å². The zero-order chi connectivity index (χ0) is 11.4. The lowest BCUT2D eigenvalue weighted by Crippen LogP contribution is -2.18. The molecule has 84 valence electrons. The van der Waals surface area contributed by atoms with E-state index in [4.69, 9.17) is 11.6 Å². The van der Waals surface area contributed by atoms with Crippen molar-refractivity contribution in [1.82, 2.24) is 10.3 Å². The number of pyridine rings is 1. The summed E-state index contributed by atoms with van der Waals surface area (Å²) in [6.45, 7) is 0. The number of likely N-dealkylation sites (N-methyl/N-ethyl adjacent to an activating group) is 1. The van der Waals surface area contributed by atoms with Gasteiger partial charge < -0.3 is 5.32 Å². The van der Waals surface area contributed by atoms with Gasteiger partial charge in [-0.05, 0) is 36.9 Å². The fraction of sp³-hybridized carbons (Fsp3) is 0.250. The molecule has 2 aromatic rings. The highest BCUT2D eigenvalue weighted by Gasteiger charge is 2.10. The maximum absolute atomic E-state index is 5.92. The van der Waals surface area contributed by atoms with E-state index in [9.17, 15) is 0 Å². The van der Waals surface area contributed by atoms with Crippen LogP contribution in [-0.2, 0) is 6.42 Å². The molecule has 0 aliphatic carbocycles. The Kier molecular flexibility index (Phi) is 3.93. The highest BCUT2D eigenvalue weighted by atomic mass is 35.5. The first kappa shape index (κ1) is 11.6. The molecule has 0 radical (unpaired) electrons. The second kappa shape index (κ2) is 5.43. The molecular formula is C12H13ClN2S. The molecule has 0 aliphatic heterocycles. The van der Waals surface area contributed by atoms with Crippen molar-refractivity contribution in [1.29, 1.82) is 0 Å². The Morgan fingerprint density at radius 3 is 2.62 bits per heavy atom. The molecule has 2 rings (SSSR count). The molecule has 0 amide bonds. The van der Waals surface area contributed by atoms with Crippen molar-refractivity contribution in [2.24, 2.45) is 0 Å². The van der Waals surface area contributed by atoms with Crippen molar-refractivity contribution in [3.8, 4) is 0 Å². The molecule has 0 fully saturated rings. The molecule has 2 aromatic heterocycles. The minimum atomic E-state index is 0.317. The Hall–Kier alpha value is -0.900. The van der Waals surface area contributed by atoms with Crippen molar-refractivity contribution < 1.29 is 0 Å². The lowest BCUT2D eigenvalue weighted by atomic mass is 10.0. The van der Waals surface area contributed by atoms with E-state index in [1.807, 2.05) is 37.6 Å². The number of aromatic nitrogens is 1. The van der Waals surface area contributed by atoms with E-state index in [-0.39, 0.29) is 0 Å². The Balaban J connectivity index is 2.12. The fourth-order valence-corrected chi connectivity index (χ4v) is 2.78. The normalized spacial score (nSPS) is 12.6. The molecule has 1 atom stereocenters. The van der Waals surface area contributed by atoms with Crippen LogP contribution in [0, 0.1) is 0 Å². The minimum Gasteiger partial charge on any atom is -0.313 e. The molecule has 0 saturated heterocycles. The highest BCUT2D eigenvalue weighted by molar-refractivity contribution is 7.16. The molecular weight excluding hydrogens is 240 g/mol. The highest BCUT2D eigenvalue weighted by Crippen LogP contribution is 2.26. The zero-order valence-electron chi connectivity index (χ0n) is 8.98. The average molecular weight is 253 g/mol. The maximum Gasteiger partial charge on any atom is 0.0931 e. The first-order valence-electron chi connectivity index (χ1n) is 5.11. The van der Waals surface area contributed by atoms with Crippen LogP contribution in [0.15, 0.2) is 36.7 Å². The Bertz CT molecular complexity index is 441. The van der Waals surface area contributed by atoms with Gasteiger partial charge in [0.05, 0.1) is 4.34 Å². The summed E-state index contributed by atoms with van der Waals surface area (Å²) in [4.78, 5) is 5.32. The fourth-order valence-electron chi connectivity index (χ4n) is 1.64. The molecule has 0 saturated carbocycles.